The zero-order valence-corrected chi connectivity index (χ0v) is 19.1. The van der Waals surface area contributed by atoms with Gasteiger partial charge in [-0.15, -0.1) is 0 Å². The smallest absolute Gasteiger partial charge is 0.210 e. The first kappa shape index (κ1) is 22.4. The second-order valence-electron chi connectivity index (χ2n) is 8.11. The molecule has 33 heavy (non-hydrogen) atoms. The molecule has 0 radical (unpaired) electrons. The highest BCUT2D eigenvalue weighted by Crippen LogP contribution is 2.39. The number of ether oxygens (including phenoxy) is 3. The van der Waals surface area contributed by atoms with Crippen LogP contribution >= 0.6 is 23.2 Å². The van der Waals surface area contributed by atoms with Crippen molar-refractivity contribution in [3.8, 4) is 16.9 Å². The van der Waals surface area contributed by atoms with Crippen LogP contribution in [0.3, 0.4) is 0 Å². The van der Waals surface area contributed by atoms with E-state index in [2.05, 4.69) is 10.1 Å². The van der Waals surface area contributed by atoms with E-state index in [0.717, 1.165) is 6.42 Å². The van der Waals surface area contributed by atoms with Crippen LogP contribution in [0, 0.1) is 5.82 Å². The minimum atomic E-state index is -1.39. The summed E-state index contributed by atoms with van der Waals surface area (Å²) in [5.74, 6) is -0.181. The number of nitrogens with zero attached hydrogens (tertiary/aromatic N) is 3. The van der Waals surface area contributed by atoms with Gasteiger partial charge in [-0.05, 0) is 31.5 Å². The molecular formula is C22H21Cl2FN4O4. The lowest BCUT2D eigenvalue weighted by Gasteiger charge is -2.27. The molecule has 174 valence electrons. The fourth-order valence-electron chi connectivity index (χ4n) is 4.24. The predicted octanol–water partition coefficient (Wildman–Crippen LogP) is 3.95. The van der Waals surface area contributed by atoms with Gasteiger partial charge in [0.2, 0.25) is 5.72 Å². The second-order valence-corrected chi connectivity index (χ2v) is 8.89. The second kappa shape index (κ2) is 8.41. The van der Waals surface area contributed by atoms with Crippen molar-refractivity contribution in [2.75, 3.05) is 18.9 Å². The van der Waals surface area contributed by atoms with Gasteiger partial charge in [0.25, 0.3) is 0 Å². The summed E-state index contributed by atoms with van der Waals surface area (Å²) in [6.45, 7) is 2.31. The maximum absolute atomic E-state index is 13.9. The number of rotatable bonds is 5. The molecule has 11 heteroatoms. The number of benzene rings is 1. The van der Waals surface area contributed by atoms with Gasteiger partial charge >= 0.3 is 0 Å². The molecule has 4 heterocycles. The molecule has 4 atom stereocenters. The molecule has 2 aromatic heterocycles. The van der Waals surface area contributed by atoms with Gasteiger partial charge < -0.3 is 25.1 Å². The van der Waals surface area contributed by atoms with E-state index in [0.29, 0.717) is 23.3 Å². The van der Waals surface area contributed by atoms with Gasteiger partial charge in [-0.1, -0.05) is 23.2 Å². The van der Waals surface area contributed by atoms with Crippen LogP contribution < -0.4 is 10.5 Å². The SMILES string of the molecule is CC(Oc1cc(-c2cnn(C3(O)COC4CCOC43)c2)cnc1N)c1c(Cl)ccc(F)c1Cl. The summed E-state index contributed by atoms with van der Waals surface area (Å²) in [6, 6.07) is 4.29. The molecule has 2 aliphatic heterocycles. The number of hydrogen-bond donors (Lipinski definition) is 2. The van der Waals surface area contributed by atoms with Crippen molar-refractivity contribution in [2.24, 2.45) is 0 Å². The lowest BCUT2D eigenvalue weighted by Crippen LogP contribution is -2.46. The Bertz CT molecular complexity index is 1210. The summed E-state index contributed by atoms with van der Waals surface area (Å²) >= 11 is 12.3. The molecule has 2 saturated heterocycles. The highest BCUT2D eigenvalue weighted by atomic mass is 35.5. The Hall–Kier alpha value is -2.43. The molecule has 1 aromatic carbocycles. The topological polar surface area (TPSA) is 105 Å². The summed E-state index contributed by atoms with van der Waals surface area (Å²) in [4.78, 5) is 4.21. The molecule has 0 aliphatic carbocycles. The van der Waals surface area contributed by atoms with Gasteiger partial charge in [0, 0.05) is 40.7 Å². The average molecular weight is 495 g/mol. The maximum Gasteiger partial charge on any atom is 0.210 e. The Morgan fingerprint density at radius 3 is 2.94 bits per heavy atom. The molecule has 0 amide bonds. The fraction of sp³-hybridized carbons (Fsp3) is 0.364. The van der Waals surface area contributed by atoms with Gasteiger partial charge in [0.05, 0.1) is 23.9 Å². The highest BCUT2D eigenvalue weighted by Gasteiger charge is 2.54. The van der Waals surface area contributed by atoms with Crippen molar-refractivity contribution in [3.63, 3.8) is 0 Å². The standard InChI is InChI=1S/C22H21Cl2FN4O4/c1-11(18-14(23)2-3-15(25)19(18)24)33-17-6-12(7-27-21(17)26)13-8-28-29(9-13)22(30)10-32-16-4-5-31-20(16)22/h2-3,6-9,11,16,20,30H,4-5,10H2,1H3,(H2,26,27). The molecule has 2 fully saturated rings. The van der Waals surface area contributed by atoms with E-state index in [1.807, 2.05) is 0 Å². The molecule has 0 bridgehead atoms. The van der Waals surface area contributed by atoms with Crippen molar-refractivity contribution in [1.82, 2.24) is 14.8 Å². The van der Waals surface area contributed by atoms with E-state index < -0.39 is 23.8 Å². The van der Waals surface area contributed by atoms with Crippen LogP contribution in [0.4, 0.5) is 10.2 Å². The van der Waals surface area contributed by atoms with Crippen LogP contribution in [0.25, 0.3) is 11.1 Å². The van der Waals surface area contributed by atoms with Crippen LogP contribution in [-0.2, 0) is 15.2 Å². The lowest BCUT2D eigenvalue weighted by atomic mass is 10.1. The van der Waals surface area contributed by atoms with Crippen molar-refractivity contribution < 1.29 is 23.7 Å². The zero-order chi connectivity index (χ0) is 23.3. The number of anilines is 1. The van der Waals surface area contributed by atoms with E-state index in [1.54, 1.807) is 31.6 Å². The summed E-state index contributed by atoms with van der Waals surface area (Å²) in [5.41, 5.74) is 6.27. The molecule has 2 aliphatic rings. The third-order valence-electron chi connectivity index (χ3n) is 5.99. The highest BCUT2D eigenvalue weighted by molar-refractivity contribution is 6.36. The average Bonchev–Trinajstić information content (AvgIpc) is 3.52. The lowest BCUT2D eigenvalue weighted by molar-refractivity contribution is -0.129. The minimum absolute atomic E-state index is 0.0878. The molecule has 5 rings (SSSR count). The number of fused-ring (bicyclic) bond motifs is 1. The van der Waals surface area contributed by atoms with Gasteiger partial charge in [0.1, 0.15) is 18.0 Å². The van der Waals surface area contributed by atoms with Crippen LogP contribution in [0.1, 0.15) is 25.0 Å². The molecule has 3 aromatic rings. The van der Waals surface area contributed by atoms with Gasteiger partial charge in [-0.25, -0.2) is 14.1 Å². The molecule has 0 spiro atoms. The molecule has 3 N–H and O–H groups in total. The first-order chi connectivity index (χ1) is 15.8. The van der Waals surface area contributed by atoms with E-state index in [4.69, 9.17) is 43.1 Å². The molecule has 8 nitrogen and oxygen atoms in total. The summed E-state index contributed by atoms with van der Waals surface area (Å²) < 4.78 is 32.7. The third-order valence-corrected chi connectivity index (χ3v) is 6.70. The number of halogens is 3. The fourth-order valence-corrected chi connectivity index (χ4v) is 4.91. The summed E-state index contributed by atoms with van der Waals surface area (Å²) in [5, 5.41) is 15.6. The quantitative estimate of drug-likeness (QED) is 0.517. The molecule has 0 saturated carbocycles. The minimum Gasteiger partial charge on any atom is -0.482 e. The number of nitrogens with two attached hydrogens (primary N) is 1. The summed E-state index contributed by atoms with van der Waals surface area (Å²) in [6.07, 6.45) is 4.27. The maximum atomic E-state index is 13.9. The largest absolute Gasteiger partial charge is 0.482 e. The van der Waals surface area contributed by atoms with Gasteiger partial charge in [-0.2, -0.15) is 5.10 Å². The number of pyridine rings is 1. The van der Waals surface area contributed by atoms with E-state index in [9.17, 15) is 9.50 Å². The number of aliphatic hydroxyl groups is 1. The monoisotopic (exact) mass is 494 g/mol. The normalized spacial score (nSPS) is 25.2. The summed E-state index contributed by atoms with van der Waals surface area (Å²) in [7, 11) is 0. The number of aromatic nitrogens is 3. The van der Waals surface area contributed by atoms with Crippen LogP contribution in [0.15, 0.2) is 36.8 Å². The predicted molar refractivity (Wildman–Crippen MR) is 120 cm³/mol. The van der Waals surface area contributed by atoms with Crippen LogP contribution in [-0.4, -0.2) is 45.3 Å². The number of nitrogen functional groups attached to an aromatic ring is 1. The van der Waals surface area contributed by atoms with Crippen molar-refractivity contribution in [3.05, 3.63) is 58.2 Å². The Balaban J connectivity index is 1.42. The van der Waals surface area contributed by atoms with E-state index in [-0.39, 0.29) is 34.3 Å². The van der Waals surface area contributed by atoms with Crippen molar-refractivity contribution in [2.45, 2.75) is 37.4 Å². The Morgan fingerprint density at radius 1 is 1.30 bits per heavy atom. The van der Waals surface area contributed by atoms with Gasteiger partial charge in [-0.3, -0.25) is 0 Å². The Kier molecular flexibility index (Phi) is 5.70. The van der Waals surface area contributed by atoms with Crippen LogP contribution in [0.5, 0.6) is 5.75 Å². The van der Waals surface area contributed by atoms with Crippen LogP contribution in [0.2, 0.25) is 10.0 Å². The van der Waals surface area contributed by atoms with Crippen molar-refractivity contribution >= 4 is 29.0 Å². The first-order valence-corrected chi connectivity index (χ1v) is 11.1. The molecular weight excluding hydrogens is 474 g/mol. The number of hydrogen-bond acceptors (Lipinski definition) is 7. The third kappa shape index (κ3) is 3.83. The first-order valence-electron chi connectivity index (χ1n) is 10.3. The van der Waals surface area contributed by atoms with E-state index in [1.165, 1.54) is 16.8 Å². The molecule has 4 unspecified atom stereocenters. The zero-order valence-electron chi connectivity index (χ0n) is 17.5. The Labute approximate surface area is 199 Å². The van der Waals surface area contributed by atoms with Gasteiger partial charge in [0.15, 0.2) is 11.6 Å². The van der Waals surface area contributed by atoms with Crippen molar-refractivity contribution in [1.29, 1.82) is 0 Å². The van der Waals surface area contributed by atoms with E-state index >= 15 is 0 Å². The Morgan fingerprint density at radius 2 is 2.12 bits per heavy atom.